The largest absolute Gasteiger partial charge is 0.387 e. The van der Waals surface area contributed by atoms with Crippen LogP contribution in [0.1, 0.15) is 11.7 Å². The van der Waals surface area contributed by atoms with Gasteiger partial charge >= 0.3 is 0 Å². The summed E-state index contributed by atoms with van der Waals surface area (Å²) >= 11 is 0.907. The molecule has 1 aromatic carbocycles. The molecule has 0 radical (unpaired) electrons. The number of aliphatic hydroxyl groups is 1. The minimum atomic E-state index is -0.990. The second-order valence-electron chi connectivity index (χ2n) is 2.51. The van der Waals surface area contributed by atoms with Gasteiger partial charge in [0.05, 0.1) is 6.10 Å². The van der Waals surface area contributed by atoms with Crippen molar-refractivity contribution in [2.75, 3.05) is 5.75 Å². The van der Waals surface area contributed by atoms with Crippen molar-refractivity contribution in [2.24, 2.45) is 5.14 Å². The van der Waals surface area contributed by atoms with E-state index in [1.54, 1.807) is 0 Å². The van der Waals surface area contributed by atoms with Crippen LogP contribution in [0.5, 0.6) is 0 Å². The van der Waals surface area contributed by atoms with Crippen molar-refractivity contribution in [3.63, 3.8) is 0 Å². The van der Waals surface area contributed by atoms with Gasteiger partial charge in [-0.1, -0.05) is 18.0 Å². The van der Waals surface area contributed by atoms with Crippen LogP contribution < -0.4 is 5.14 Å². The monoisotopic (exact) mass is 205 g/mol. The maximum atomic E-state index is 13.0. The summed E-state index contributed by atoms with van der Waals surface area (Å²) in [7, 11) is 0. The lowest BCUT2D eigenvalue weighted by molar-refractivity contribution is 0.198. The first kappa shape index (κ1) is 10.4. The summed E-state index contributed by atoms with van der Waals surface area (Å²) in [5.41, 5.74) is 0.0688. The molecule has 0 amide bonds. The second-order valence-corrected chi connectivity index (χ2v) is 3.18. The number of hydrogen-bond donors (Lipinski definition) is 2. The Bertz CT molecular complexity index is 295. The highest BCUT2D eigenvalue weighted by atomic mass is 32.2. The normalized spacial score (nSPS) is 12.9. The number of hydrogen-bond acceptors (Lipinski definition) is 3. The molecule has 0 aliphatic heterocycles. The molecule has 0 spiro atoms. The van der Waals surface area contributed by atoms with Gasteiger partial charge in [-0.05, 0) is 6.07 Å². The Morgan fingerprint density at radius 3 is 2.69 bits per heavy atom. The van der Waals surface area contributed by atoms with E-state index in [1.807, 2.05) is 0 Å². The molecule has 72 valence electrons. The van der Waals surface area contributed by atoms with Crippen molar-refractivity contribution >= 4 is 11.9 Å². The maximum Gasteiger partial charge on any atom is 0.131 e. The maximum absolute atomic E-state index is 13.0. The number of aliphatic hydroxyl groups excluding tert-OH is 1. The predicted octanol–water partition coefficient (Wildman–Crippen LogP) is 1.61. The van der Waals surface area contributed by atoms with Crippen LogP contribution in [0.4, 0.5) is 8.78 Å². The van der Waals surface area contributed by atoms with Crippen molar-refractivity contribution < 1.29 is 13.9 Å². The Labute approximate surface area is 78.9 Å². The smallest absolute Gasteiger partial charge is 0.131 e. The van der Waals surface area contributed by atoms with Gasteiger partial charge in [0.1, 0.15) is 11.6 Å². The van der Waals surface area contributed by atoms with E-state index in [0.717, 1.165) is 24.1 Å². The average molecular weight is 205 g/mol. The Hall–Kier alpha value is -0.650. The number of rotatable bonds is 3. The van der Waals surface area contributed by atoms with Crippen LogP contribution in [-0.2, 0) is 0 Å². The molecule has 5 heteroatoms. The van der Waals surface area contributed by atoms with Crippen molar-refractivity contribution in [3.05, 3.63) is 35.4 Å². The van der Waals surface area contributed by atoms with Crippen LogP contribution >= 0.6 is 11.9 Å². The Morgan fingerprint density at radius 1 is 1.46 bits per heavy atom. The van der Waals surface area contributed by atoms with Crippen LogP contribution in [0.2, 0.25) is 0 Å². The van der Waals surface area contributed by atoms with Gasteiger partial charge in [0.15, 0.2) is 0 Å². The molecule has 1 aromatic rings. The third-order valence-corrected chi connectivity index (χ3v) is 2.08. The molecule has 0 aromatic heterocycles. The fourth-order valence-electron chi connectivity index (χ4n) is 0.953. The molecular formula is C8H9F2NOS. The lowest BCUT2D eigenvalue weighted by Gasteiger charge is -2.09. The molecule has 0 fully saturated rings. The quantitative estimate of drug-likeness (QED) is 0.737. The topological polar surface area (TPSA) is 46.2 Å². The van der Waals surface area contributed by atoms with Crippen LogP contribution in [0.25, 0.3) is 0 Å². The summed E-state index contributed by atoms with van der Waals surface area (Å²) in [6.45, 7) is 0. The summed E-state index contributed by atoms with van der Waals surface area (Å²) < 4.78 is 25.4. The van der Waals surface area contributed by atoms with E-state index >= 15 is 0 Å². The van der Waals surface area contributed by atoms with Crippen molar-refractivity contribution in [2.45, 2.75) is 6.10 Å². The molecule has 0 aliphatic carbocycles. The molecule has 1 rings (SSSR count). The first-order chi connectivity index (χ1) is 6.15. The highest BCUT2D eigenvalue weighted by Crippen LogP contribution is 2.19. The fraction of sp³-hybridized carbons (Fsp3) is 0.250. The van der Waals surface area contributed by atoms with Gasteiger partial charge in [0, 0.05) is 17.4 Å². The van der Waals surface area contributed by atoms with E-state index in [2.05, 4.69) is 0 Å². The molecule has 1 unspecified atom stereocenters. The minimum Gasteiger partial charge on any atom is -0.387 e. The van der Waals surface area contributed by atoms with Crippen molar-refractivity contribution in [3.8, 4) is 0 Å². The van der Waals surface area contributed by atoms with E-state index in [9.17, 15) is 13.9 Å². The first-order valence-electron chi connectivity index (χ1n) is 3.60. The average Bonchev–Trinajstić information content (AvgIpc) is 2.04. The molecule has 0 aliphatic rings. The molecule has 3 N–H and O–H groups in total. The summed E-state index contributed by atoms with van der Waals surface area (Å²) in [5, 5.41) is 14.4. The van der Waals surface area contributed by atoms with E-state index in [4.69, 9.17) is 5.14 Å². The molecule has 0 saturated carbocycles. The SMILES string of the molecule is NSCC(O)c1ccc(F)cc1F. The molecular weight excluding hydrogens is 196 g/mol. The third kappa shape index (κ3) is 2.65. The van der Waals surface area contributed by atoms with Gasteiger partial charge in [0.25, 0.3) is 0 Å². The summed E-state index contributed by atoms with van der Waals surface area (Å²) in [6, 6.07) is 3.05. The minimum absolute atomic E-state index is 0.0688. The Kier molecular flexibility index (Phi) is 3.65. The number of nitrogens with two attached hydrogens (primary N) is 1. The Balaban J connectivity index is 2.88. The van der Waals surface area contributed by atoms with E-state index in [0.29, 0.717) is 0 Å². The zero-order chi connectivity index (χ0) is 9.84. The van der Waals surface area contributed by atoms with Crippen LogP contribution in [0.3, 0.4) is 0 Å². The summed E-state index contributed by atoms with van der Waals surface area (Å²) in [4.78, 5) is 0. The van der Waals surface area contributed by atoms with Gasteiger partial charge in [-0.15, -0.1) is 0 Å². The highest BCUT2D eigenvalue weighted by Gasteiger charge is 2.12. The van der Waals surface area contributed by atoms with Gasteiger partial charge in [-0.2, -0.15) is 0 Å². The predicted molar refractivity (Wildman–Crippen MR) is 48.0 cm³/mol. The first-order valence-corrected chi connectivity index (χ1v) is 4.64. The van der Waals surface area contributed by atoms with Gasteiger partial charge in [-0.3, -0.25) is 5.14 Å². The molecule has 0 saturated heterocycles. The van der Waals surface area contributed by atoms with Gasteiger partial charge in [0.2, 0.25) is 0 Å². The second kappa shape index (κ2) is 4.55. The van der Waals surface area contributed by atoms with Crippen LogP contribution in [-0.4, -0.2) is 10.9 Å². The van der Waals surface area contributed by atoms with E-state index in [-0.39, 0.29) is 11.3 Å². The fourth-order valence-corrected chi connectivity index (χ4v) is 1.31. The number of halogens is 2. The van der Waals surface area contributed by atoms with Crippen molar-refractivity contribution in [1.82, 2.24) is 0 Å². The lowest BCUT2D eigenvalue weighted by atomic mass is 10.1. The molecule has 0 heterocycles. The summed E-state index contributed by atoms with van der Waals surface area (Å²) in [6.07, 6.45) is -0.990. The van der Waals surface area contributed by atoms with Crippen molar-refractivity contribution in [1.29, 1.82) is 0 Å². The Morgan fingerprint density at radius 2 is 2.15 bits per heavy atom. The third-order valence-electron chi connectivity index (χ3n) is 1.58. The molecule has 2 nitrogen and oxygen atoms in total. The number of benzene rings is 1. The van der Waals surface area contributed by atoms with E-state index < -0.39 is 17.7 Å². The van der Waals surface area contributed by atoms with Gasteiger partial charge in [-0.25, -0.2) is 8.78 Å². The van der Waals surface area contributed by atoms with E-state index in [1.165, 1.54) is 6.07 Å². The van der Waals surface area contributed by atoms with Crippen LogP contribution in [0, 0.1) is 11.6 Å². The standard InChI is InChI=1S/C8H9F2NOS/c9-5-1-2-6(7(10)3-5)8(12)4-13-11/h1-3,8,12H,4,11H2. The van der Waals surface area contributed by atoms with Gasteiger partial charge < -0.3 is 5.11 Å². The lowest BCUT2D eigenvalue weighted by Crippen LogP contribution is -2.05. The zero-order valence-electron chi connectivity index (χ0n) is 6.71. The summed E-state index contributed by atoms with van der Waals surface area (Å²) in [5.74, 6) is -1.22. The zero-order valence-corrected chi connectivity index (χ0v) is 7.52. The molecule has 1 atom stereocenters. The molecule has 13 heavy (non-hydrogen) atoms. The highest BCUT2D eigenvalue weighted by molar-refractivity contribution is 7.97. The van der Waals surface area contributed by atoms with Crippen LogP contribution in [0.15, 0.2) is 18.2 Å². The molecule has 0 bridgehead atoms.